The van der Waals surface area contributed by atoms with Gasteiger partial charge < -0.3 is 9.80 Å². The van der Waals surface area contributed by atoms with Crippen LogP contribution in [0, 0.1) is 0 Å². The van der Waals surface area contributed by atoms with Crippen LogP contribution in [0.4, 0.5) is 5.69 Å². The summed E-state index contributed by atoms with van der Waals surface area (Å²) in [6.45, 7) is 7.05. The number of thioether (sulfide) groups is 1. The zero-order valence-corrected chi connectivity index (χ0v) is 14.3. The lowest BCUT2D eigenvalue weighted by molar-refractivity contribution is -0.127. The summed E-state index contributed by atoms with van der Waals surface area (Å²) in [5.74, 6) is 0.720. The number of benzene rings is 1. The average Bonchev–Trinajstić information content (AvgIpc) is 2.35. The first kappa shape index (κ1) is 16.9. The van der Waals surface area contributed by atoms with Crippen molar-refractivity contribution in [1.29, 1.82) is 0 Å². The first-order valence-electron chi connectivity index (χ1n) is 6.83. The molecule has 3 nitrogen and oxygen atoms in total. The molecule has 4 heteroatoms. The van der Waals surface area contributed by atoms with Crippen molar-refractivity contribution in [3.05, 3.63) is 29.8 Å². The van der Waals surface area contributed by atoms with Gasteiger partial charge in [0.25, 0.3) is 0 Å². The second kappa shape index (κ2) is 7.02. The highest BCUT2D eigenvalue weighted by Gasteiger charge is 2.16. The Bertz CT molecular complexity index is 435. The van der Waals surface area contributed by atoms with E-state index in [1.54, 1.807) is 16.7 Å². The number of hydrogen-bond acceptors (Lipinski definition) is 3. The molecule has 0 aliphatic rings. The number of carbonyl (C=O) groups is 1. The molecule has 1 rings (SSSR count). The number of amides is 1. The summed E-state index contributed by atoms with van der Waals surface area (Å²) in [6.07, 6.45) is 0. The van der Waals surface area contributed by atoms with Crippen LogP contribution in [0.1, 0.15) is 26.3 Å². The summed E-state index contributed by atoms with van der Waals surface area (Å²) in [4.78, 5) is 15.9. The van der Waals surface area contributed by atoms with E-state index in [4.69, 9.17) is 0 Å². The molecule has 0 saturated carbocycles. The lowest BCUT2D eigenvalue weighted by atomic mass is 10.2. The van der Waals surface area contributed by atoms with E-state index >= 15 is 0 Å². The number of carbonyl (C=O) groups excluding carboxylic acids is 1. The smallest absolute Gasteiger partial charge is 0.232 e. The second-order valence-electron chi connectivity index (χ2n) is 6.21. The maximum Gasteiger partial charge on any atom is 0.232 e. The van der Waals surface area contributed by atoms with Crippen LogP contribution < -0.4 is 4.90 Å². The molecule has 0 N–H and O–H groups in total. The number of nitrogens with zero attached hydrogens (tertiary/aromatic N) is 2. The molecule has 0 fully saturated rings. The van der Waals surface area contributed by atoms with E-state index in [9.17, 15) is 4.79 Å². The van der Waals surface area contributed by atoms with E-state index < -0.39 is 0 Å². The van der Waals surface area contributed by atoms with Gasteiger partial charge in [-0.3, -0.25) is 4.79 Å². The van der Waals surface area contributed by atoms with E-state index in [2.05, 4.69) is 49.9 Å². The van der Waals surface area contributed by atoms with Gasteiger partial charge in [0.15, 0.2) is 0 Å². The maximum atomic E-state index is 12.1. The van der Waals surface area contributed by atoms with Crippen LogP contribution in [0.2, 0.25) is 0 Å². The van der Waals surface area contributed by atoms with E-state index in [1.807, 2.05) is 21.1 Å². The van der Waals surface area contributed by atoms with Gasteiger partial charge in [-0.05, 0) is 17.7 Å². The lowest BCUT2D eigenvalue weighted by Gasteiger charge is -2.21. The monoisotopic (exact) mass is 294 g/mol. The second-order valence-corrected chi connectivity index (χ2v) is 8.01. The van der Waals surface area contributed by atoms with Crippen LogP contribution in [0.15, 0.2) is 24.3 Å². The molecule has 0 aliphatic heterocycles. The van der Waals surface area contributed by atoms with Crippen LogP contribution in [0.5, 0.6) is 0 Å². The Kier molecular flexibility index (Phi) is 5.93. The molecule has 112 valence electrons. The minimum Gasteiger partial charge on any atom is -0.378 e. The zero-order valence-electron chi connectivity index (χ0n) is 13.4. The Balaban J connectivity index is 2.53. The van der Waals surface area contributed by atoms with Crippen LogP contribution in [-0.4, -0.2) is 42.4 Å². The zero-order chi connectivity index (χ0) is 15.3. The lowest BCUT2D eigenvalue weighted by Crippen LogP contribution is -2.29. The van der Waals surface area contributed by atoms with Gasteiger partial charge in [-0.25, -0.2) is 0 Å². The minimum absolute atomic E-state index is 0.129. The van der Waals surface area contributed by atoms with Crippen molar-refractivity contribution in [3.63, 3.8) is 0 Å². The Labute approximate surface area is 127 Å². The summed E-state index contributed by atoms with van der Waals surface area (Å²) in [7, 11) is 5.91. The minimum atomic E-state index is 0.129. The normalized spacial score (nSPS) is 11.3. The molecular formula is C16H26N2OS. The van der Waals surface area contributed by atoms with Gasteiger partial charge in [-0.2, -0.15) is 0 Å². The van der Waals surface area contributed by atoms with E-state index in [0.29, 0.717) is 12.3 Å². The number of rotatable bonds is 5. The van der Waals surface area contributed by atoms with Gasteiger partial charge in [-0.1, -0.05) is 32.9 Å². The van der Waals surface area contributed by atoms with E-state index in [-0.39, 0.29) is 10.7 Å². The molecule has 20 heavy (non-hydrogen) atoms. The summed E-state index contributed by atoms with van der Waals surface area (Å²) in [6, 6.07) is 8.32. The fourth-order valence-electron chi connectivity index (χ4n) is 1.65. The van der Waals surface area contributed by atoms with Crippen molar-refractivity contribution in [2.24, 2.45) is 0 Å². The van der Waals surface area contributed by atoms with Crippen molar-refractivity contribution >= 4 is 23.4 Å². The third-order valence-electron chi connectivity index (χ3n) is 2.93. The van der Waals surface area contributed by atoms with Crippen molar-refractivity contribution in [1.82, 2.24) is 4.90 Å². The molecule has 0 bridgehead atoms. The molecule has 0 aliphatic carbocycles. The number of hydrogen-bond donors (Lipinski definition) is 0. The van der Waals surface area contributed by atoms with Crippen molar-refractivity contribution < 1.29 is 4.79 Å². The van der Waals surface area contributed by atoms with Crippen LogP contribution >= 0.6 is 11.8 Å². The summed E-state index contributed by atoms with van der Waals surface area (Å²) < 4.78 is 0.129. The number of anilines is 1. The average molecular weight is 294 g/mol. The van der Waals surface area contributed by atoms with Crippen molar-refractivity contribution in [3.8, 4) is 0 Å². The highest BCUT2D eigenvalue weighted by molar-refractivity contribution is 8.01. The largest absolute Gasteiger partial charge is 0.378 e. The Morgan fingerprint density at radius 1 is 1.10 bits per heavy atom. The van der Waals surface area contributed by atoms with Gasteiger partial charge in [0.1, 0.15) is 0 Å². The molecule has 0 unspecified atom stereocenters. The third-order valence-corrected chi connectivity index (χ3v) is 4.18. The third kappa shape index (κ3) is 5.87. The Hall–Kier alpha value is -1.16. The predicted octanol–water partition coefficient (Wildman–Crippen LogP) is 3.24. The van der Waals surface area contributed by atoms with E-state index in [1.165, 1.54) is 5.69 Å². The van der Waals surface area contributed by atoms with Crippen LogP contribution in [0.25, 0.3) is 0 Å². The fraction of sp³-hybridized carbons (Fsp3) is 0.562. The topological polar surface area (TPSA) is 23.6 Å². The predicted molar refractivity (Wildman–Crippen MR) is 89.5 cm³/mol. The van der Waals surface area contributed by atoms with Crippen molar-refractivity contribution in [2.45, 2.75) is 32.1 Å². The molecule has 0 atom stereocenters. The summed E-state index contributed by atoms with van der Waals surface area (Å²) >= 11 is 1.69. The molecule has 0 heterocycles. The molecule has 1 amide bonds. The Morgan fingerprint density at radius 3 is 2.10 bits per heavy atom. The van der Waals surface area contributed by atoms with Gasteiger partial charge in [-0.15, -0.1) is 11.8 Å². The first-order valence-corrected chi connectivity index (χ1v) is 7.82. The van der Waals surface area contributed by atoms with Gasteiger partial charge in [0.05, 0.1) is 5.75 Å². The molecule has 0 aromatic heterocycles. The fourth-order valence-corrected chi connectivity index (χ4v) is 2.43. The highest BCUT2D eigenvalue weighted by Crippen LogP contribution is 2.23. The molecule has 0 saturated heterocycles. The standard InChI is InChI=1S/C16H26N2OS/c1-16(2,3)20-12-15(19)18(6)11-13-7-9-14(10-8-13)17(4)5/h7-10H,11-12H2,1-6H3. The molecule has 0 radical (unpaired) electrons. The quantitative estimate of drug-likeness (QED) is 0.833. The summed E-state index contributed by atoms with van der Waals surface area (Å²) in [5, 5.41) is 0. The maximum absolute atomic E-state index is 12.1. The van der Waals surface area contributed by atoms with Crippen molar-refractivity contribution in [2.75, 3.05) is 31.8 Å². The SMILES string of the molecule is CN(Cc1ccc(N(C)C)cc1)C(=O)CSC(C)(C)C. The van der Waals surface area contributed by atoms with Crippen LogP contribution in [0.3, 0.4) is 0 Å². The Morgan fingerprint density at radius 2 is 1.65 bits per heavy atom. The highest BCUT2D eigenvalue weighted by atomic mass is 32.2. The van der Waals surface area contributed by atoms with Crippen LogP contribution in [-0.2, 0) is 11.3 Å². The van der Waals surface area contributed by atoms with Gasteiger partial charge in [0.2, 0.25) is 5.91 Å². The molecule has 0 spiro atoms. The molecule has 1 aromatic rings. The van der Waals surface area contributed by atoms with Gasteiger partial charge >= 0.3 is 0 Å². The van der Waals surface area contributed by atoms with Gasteiger partial charge in [0, 0.05) is 38.1 Å². The molecular weight excluding hydrogens is 268 g/mol. The van der Waals surface area contributed by atoms with E-state index in [0.717, 1.165) is 5.56 Å². The molecule has 1 aromatic carbocycles. The summed E-state index contributed by atoms with van der Waals surface area (Å²) in [5.41, 5.74) is 2.33. The first-order chi connectivity index (χ1) is 9.19.